The zero-order valence-corrected chi connectivity index (χ0v) is 12.1. The van der Waals surface area contributed by atoms with Crippen LogP contribution in [0.15, 0.2) is 12.2 Å². The minimum absolute atomic E-state index is 0.581. The largest absolute Gasteiger partial charge is 0.380 e. The molecule has 0 spiro atoms. The smallest absolute Gasteiger partial charge is 0.0544 e. The van der Waals surface area contributed by atoms with E-state index in [1.807, 2.05) is 0 Å². The third-order valence-electron chi connectivity index (χ3n) is 7.67. The second-order valence-corrected chi connectivity index (χ2v) is 8.31. The van der Waals surface area contributed by atoms with E-state index in [0.717, 1.165) is 54.6 Å². The molecule has 5 aliphatic rings. The quantitative estimate of drug-likeness (QED) is 0.551. The highest BCUT2D eigenvalue weighted by molar-refractivity contribution is 5.20. The Hall–Kier alpha value is -0.300. The van der Waals surface area contributed by atoms with Gasteiger partial charge in [-0.15, -0.1) is 0 Å². The van der Waals surface area contributed by atoms with E-state index >= 15 is 0 Å². The molecular weight excluding hydrogens is 232 g/mol. The van der Waals surface area contributed by atoms with Crippen molar-refractivity contribution in [1.29, 1.82) is 0 Å². The van der Waals surface area contributed by atoms with Gasteiger partial charge < -0.3 is 4.74 Å². The number of allylic oxidation sites excluding steroid dienone is 2. The van der Waals surface area contributed by atoms with Crippen molar-refractivity contribution in [2.75, 3.05) is 13.2 Å². The lowest BCUT2D eigenvalue weighted by molar-refractivity contribution is -0.131. The van der Waals surface area contributed by atoms with Crippen molar-refractivity contribution in [2.45, 2.75) is 39.0 Å². The summed E-state index contributed by atoms with van der Waals surface area (Å²) in [5.74, 6) is 7.37. The molecular formula is C18H26O. The summed E-state index contributed by atoms with van der Waals surface area (Å²) in [5.41, 5.74) is 0.581. The monoisotopic (exact) mass is 258 g/mol. The van der Waals surface area contributed by atoms with Crippen molar-refractivity contribution >= 4 is 0 Å². The molecule has 3 saturated carbocycles. The predicted molar refractivity (Wildman–Crippen MR) is 75.6 cm³/mol. The molecule has 0 radical (unpaired) electrons. The molecule has 4 fully saturated rings. The van der Waals surface area contributed by atoms with E-state index in [9.17, 15) is 0 Å². The molecule has 4 bridgehead atoms. The highest BCUT2D eigenvalue weighted by Gasteiger charge is 2.61. The molecule has 19 heavy (non-hydrogen) atoms. The summed E-state index contributed by atoms with van der Waals surface area (Å²) >= 11 is 0. The highest BCUT2D eigenvalue weighted by atomic mass is 16.5. The first kappa shape index (κ1) is 11.4. The zero-order valence-electron chi connectivity index (χ0n) is 12.1. The fraction of sp³-hybridized carbons (Fsp3) is 0.889. The number of ether oxygens (including phenoxy) is 1. The van der Waals surface area contributed by atoms with Gasteiger partial charge >= 0.3 is 0 Å². The van der Waals surface area contributed by atoms with Gasteiger partial charge in [0.05, 0.1) is 13.2 Å². The Bertz CT molecular complexity index is 416. The van der Waals surface area contributed by atoms with Crippen LogP contribution in [-0.2, 0) is 4.74 Å². The number of hydrogen-bond donors (Lipinski definition) is 0. The Morgan fingerprint density at radius 2 is 1.84 bits per heavy atom. The lowest BCUT2D eigenvalue weighted by Gasteiger charge is -2.46. The van der Waals surface area contributed by atoms with Gasteiger partial charge in [-0.2, -0.15) is 0 Å². The van der Waals surface area contributed by atoms with Crippen LogP contribution in [0.3, 0.4) is 0 Å². The van der Waals surface area contributed by atoms with Gasteiger partial charge in [0.15, 0.2) is 0 Å². The molecule has 1 aliphatic heterocycles. The third-order valence-corrected chi connectivity index (χ3v) is 7.67. The van der Waals surface area contributed by atoms with Crippen LogP contribution in [0.5, 0.6) is 0 Å². The molecule has 0 aromatic rings. The van der Waals surface area contributed by atoms with Crippen LogP contribution in [0.1, 0.15) is 39.0 Å². The molecule has 7 unspecified atom stereocenters. The second-order valence-electron chi connectivity index (χ2n) is 8.31. The fourth-order valence-corrected chi connectivity index (χ4v) is 6.80. The molecule has 1 saturated heterocycles. The van der Waals surface area contributed by atoms with E-state index in [-0.39, 0.29) is 0 Å². The molecule has 4 aliphatic carbocycles. The zero-order chi connectivity index (χ0) is 12.6. The van der Waals surface area contributed by atoms with Crippen LogP contribution in [-0.4, -0.2) is 13.2 Å². The predicted octanol–water partition coefficient (Wildman–Crippen LogP) is 3.90. The van der Waals surface area contributed by atoms with Crippen molar-refractivity contribution in [3.63, 3.8) is 0 Å². The van der Waals surface area contributed by atoms with Crippen LogP contribution in [0.25, 0.3) is 0 Å². The molecule has 7 atom stereocenters. The molecule has 0 aromatic heterocycles. The fourth-order valence-electron chi connectivity index (χ4n) is 6.80. The maximum atomic E-state index is 5.54. The minimum atomic E-state index is 0.581. The normalized spacial score (nSPS) is 55.5. The Kier molecular flexibility index (Phi) is 2.19. The molecule has 5 rings (SSSR count). The molecule has 1 nitrogen and oxygen atoms in total. The van der Waals surface area contributed by atoms with Crippen LogP contribution in [0.4, 0.5) is 0 Å². The van der Waals surface area contributed by atoms with Crippen LogP contribution < -0.4 is 0 Å². The van der Waals surface area contributed by atoms with Gasteiger partial charge in [-0.05, 0) is 73.5 Å². The van der Waals surface area contributed by atoms with E-state index in [2.05, 4.69) is 19.1 Å². The van der Waals surface area contributed by atoms with Crippen LogP contribution in [0, 0.1) is 46.8 Å². The molecule has 1 heterocycles. The van der Waals surface area contributed by atoms with Gasteiger partial charge in [0.25, 0.3) is 0 Å². The van der Waals surface area contributed by atoms with Gasteiger partial charge in [0.1, 0.15) is 0 Å². The molecule has 1 heteroatoms. The summed E-state index contributed by atoms with van der Waals surface area (Å²) in [6.07, 6.45) is 12.6. The molecule has 104 valence electrons. The number of rotatable bonds is 3. The van der Waals surface area contributed by atoms with Gasteiger partial charge in [-0.1, -0.05) is 19.1 Å². The second kappa shape index (κ2) is 3.67. The number of fused-ring (bicyclic) bond motifs is 9. The Morgan fingerprint density at radius 3 is 2.53 bits per heavy atom. The topological polar surface area (TPSA) is 9.23 Å². The molecule has 0 aromatic carbocycles. The van der Waals surface area contributed by atoms with Crippen molar-refractivity contribution in [3.8, 4) is 0 Å². The Labute approximate surface area is 116 Å². The minimum Gasteiger partial charge on any atom is -0.380 e. The van der Waals surface area contributed by atoms with Crippen LogP contribution >= 0.6 is 0 Å². The summed E-state index contributed by atoms with van der Waals surface area (Å²) in [6, 6.07) is 0. The standard InChI is InChI=1S/C18H26O/c1-2-18(9-19-10-18)8-14-6-13-7-15(14)17-12-4-3-11(5-12)16(13)17/h3-4,11-17H,2,5-10H2,1H3. The SMILES string of the molecule is CCC1(CC2CC3CC2C2C4C=CC(C4)C32)COC1. The average Bonchev–Trinajstić information content (AvgIpc) is 3.10. The van der Waals surface area contributed by atoms with Gasteiger partial charge in [0, 0.05) is 5.41 Å². The van der Waals surface area contributed by atoms with Crippen molar-refractivity contribution < 1.29 is 4.74 Å². The summed E-state index contributed by atoms with van der Waals surface area (Å²) in [5, 5.41) is 0. The van der Waals surface area contributed by atoms with Gasteiger partial charge in [-0.25, -0.2) is 0 Å². The van der Waals surface area contributed by atoms with E-state index in [1.54, 1.807) is 12.8 Å². The van der Waals surface area contributed by atoms with Gasteiger partial charge in [0.2, 0.25) is 0 Å². The maximum Gasteiger partial charge on any atom is 0.0544 e. The van der Waals surface area contributed by atoms with Crippen LogP contribution in [0.2, 0.25) is 0 Å². The maximum absolute atomic E-state index is 5.54. The summed E-state index contributed by atoms with van der Waals surface area (Å²) in [6.45, 7) is 4.48. The van der Waals surface area contributed by atoms with Gasteiger partial charge in [-0.3, -0.25) is 0 Å². The lowest BCUT2D eigenvalue weighted by Crippen LogP contribution is -2.45. The van der Waals surface area contributed by atoms with E-state index in [4.69, 9.17) is 4.74 Å². The first-order chi connectivity index (χ1) is 9.30. The average molecular weight is 258 g/mol. The first-order valence-electron chi connectivity index (χ1n) is 8.56. The third kappa shape index (κ3) is 1.36. The molecule has 0 N–H and O–H groups in total. The highest BCUT2D eigenvalue weighted by Crippen LogP contribution is 2.68. The van der Waals surface area contributed by atoms with Crippen molar-refractivity contribution in [2.24, 2.45) is 46.8 Å². The van der Waals surface area contributed by atoms with Crippen molar-refractivity contribution in [3.05, 3.63) is 12.2 Å². The summed E-state index contributed by atoms with van der Waals surface area (Å²) in [4.78, 5) is 0. The number of hydrogen-bond acceptors (Lipinski definition) is 1. The Morgan fingerprint density at radius 1 is 1.05 bits per heavy atom. The Balaban J connectivity index is 1.37. The molecule has 0 amide bonds. The summed E-state index contributed by atoms with van der Waals surface area (Å²) < 4.78 is 5.54. The lowest BCUT2D eigenvalue weighted by atomic mass is 9.64. The van der Waals surface area contributed by atoms with Crippen molar-refractivity contribution in [1.82, 2.24) is 0 Å². The van der Waals surface area contributed by atoms with E-state index in [1.165, 1.54) is 19.3 Å². The van der Waals surface area contributed by atoms with E-state index in [0.29, 0.717) is 5.41 Å². The summed E-state index contributed by atoms with van der Waals surface area (Å²) in [7, 11) is 0. The first-order valence-corrected chi connectivity index (χ1v) is 8.56. The van der Waals surface area contributed by atoms with E-state index < -0.39 is 0 Å².